The van der Waals surface area contributed by atoms with Crippen molar-refractivity contribution in [2.75, 3.05) is 5.32 Å². The molecule has 5 nitrogen and oxygen atoms in total. The first-order chi connectivity index (χ1) is 9.34. The molecule has 0 spiro atoms. The minimum Gasteiger partial charge on any atom is -0.325 e. The first-order valence-electron chi connectivity index (χ1n) is 6.40. The van der Waals surface area contributed by atoms with E-state index in [2.05, 4.69) is 33.3 Å². The fraction of sp³-hybridized carbons (Fsp3) is 0.286. The number of carbonyl (C=O) groups is 1. The van der Waals surface area contributed by atoms with Crippen molar-refractivity contribution in [3.63, 3.8) is 0 Å². The van der Waals surface area contributed by atoms with Crippen LogP contribution in [0.2, 0.25) is 0 Å². The highest BCUT2D eigenvalue weighted by Gasteiger charge is 2.38. The van der Waals surface area contributed by atoms with E-state index in [1.165, 1.54) is 0 Å². The summed E-state index contributed by atoms with van der Waals surface area (Å²) in [5.41, 5.74) is 7.02. The van der Waals surface area contributed by atoms with E-state index < -0.39 is 0 Å². The van der Waals surface area contributed by atoms with Gasteiger partial charge in [0.2, 0.25) is 5.91 Å². The number of amides is 1. The summed E-state index contributed by atoms with van der Waals surface area (Å²) < 4.78 is 0. The van der Waals surface area contributed by atoms with Crippen molar-refractivity contribution >= 4 is 11.6 Å². The van der Waals surface area contributed by atoms with Gasteiger partial charge in [0.05, 0.1) is 0 Å². The molecule has 19 heavy (non-hydrogen) atoms. The minimum atomic E-state index is -0.231. The molecule has 1 fully saturated rings. The smallest absolute Gasteiger partial charge is 0.243 e. The molecule has 2 aliphatic rings. The van der Waals surface area contributed by atoms with E-state index in [-0.39, 0.29) is 23.9 Å². The van der Waals surface area contributed by atoms with Gasteiger partial charge in [0.15, 0.2) is 0 Å². The van der Waals surface area contributed by atoms with Crippen LogP contribution in [0.25, 0.3) is 0 Å². The number of hydrogen-bond donors (Lipinski definition) is 3. The largest absolute Gasteiger partial charge is 0.325 e. The molecule has 98 valence electrons. The third-order valence-electron chi connectivity index (χ3n) is 3.50. The van der Waals surface area contributed by atoms with Crippen molar-refractivity contribution in [1.29, 1.82) is 0 Å². The Labute approximate surface area is 111 Å². The Balaban J connectivity index is 1.70. The SMILES string of the molecule is O=C(Nc1ccncc1)C1NNC2C=CC=CCC21. The maximum atomic E-state index is 12.3. The van der Waals surface area contributed by atoms with Crippen LogP contribution in [0.4, 0.5) is 5.69 Å². The fourth-order valence-corrected chi connectivity index (χ4v) is 2.49. The van der Waals surface area contributed by atoms with Crippen LogP contribution in [0.15, 0.2) is 48.8 Å². The number of nitrogens with one attached hydrogen (secondary N) is 3. The molecule has 0 radical (unpaired) electrons. The fourth-order valence-electron chi connectivity index (χ4n) is 2.49. The van der Waals surface area contributed by atoms with Crippen molar-refractivity contribution in [2.45, 2.75) is 18.5 Å². The van der Waals surface area contributed by atoms with Gasteiger partial charge in [0.1, 0.15) is 6.04 Å². The van der Waals surface area contributed by atoms with E-state index in [0.717, 1.165) is 12.1 Å². The van der Waals surface area contributed by atoms with Crippen molar-refractivity contribution in [2.24, 2.45) is 5.92 Å². The number of pyridine rings is 1. The van der Waals surface area contributed by atoms with Gasteiger partial charge in [0.25, 0.3) is 0 Å². The molecule has 2 heterocycles. The summed E-state index contributed by atoms with van der Waals surface area (Å²) in [6, 6.07) is 3.53. The number of allylic oxidation sites excluding steroid dienone is 3. The first-order valence-corrected chi connectivity index (χ1v) is 6.40. The topological polar surface area (TPSA) is 66.0 Å². The molecule has 0 bridgehead atoms. The quantitative estimate of drug-likeness (QED) is 0.738. The Morgan fingerprint density at radius 1 is 1.26 bits per heavy atom. The zero-order valence-electron chi connectivity index (χ0n) is 10.4. The lowest BCUT2D eigenvalue weighted by Gasteiger charge is -2.18. The predicted molar refractivity (Wildman–Crippen MR) is 73.1 cm³/mol. The van der Waals surface area contributed by atoms with Crippen LogP contribution >= 0.6 is 0 Å². The molecule has 0 aromatic carbocycles. The molecule has 1 aromatic rings. The summed E-state index contributed by atoms with van der Waals surface area (Å²) >= 11 is 0. The van der Waals surface area contributed by atoms with Crippen LogP contribution < -0.4 is 16.2 Å². The van der Waals surface area contributed by atoms with Crippen LogP contribution in [-0.4, -0.2) is 23.0 Å². The first kappa shape index (κ1) is 12.1. The predicted octanol–water partition coefficient (Wildman–Crippen LogP) is 0.997. The lowest BCUT2D eigenvalue weighted by Crippen LogP contribution is -2.42. The van der Waals surface area contributed by atoms with Crippen molar-refractivity contribution in [3.8, 4) is 0 Å². The van der Waals surface area contributed by atoms with Gasteiger partial charge in [-0.3, -0.25) is 9.78 Å². The average Bonchev–Trinajstić information content (AvgIpc) is 2.69. The molecule has 1 amide bonds. The lowest BCUT2D eigenvalue weighted by molar-refractivity contribution is -0.118. The summed E-state index contributed by atoms with van der Waals surface area (Å²) in [4.78, 5) is 16.2. The maximum absolute atomic E-state index is 12.3. The van der Waals surface area contributed by atoms with E-state index in [9.17, 15) is 4.79 Å². The van der Waals surface area contributed by atoms with Crippen LogP contribution in [0.1, 0.15) is 6.42 Å². The maximum Gasteiger partial charge on any atom is 0.243 e. The summed E-state index contributed by atoms with van der Waals surface area (Å²) in [7, 11) is 0. The van der Waals surface area contributed by atoms with Gasteiger partial charge in [-0.2, -0.15) is 0 Å². The van der Waals surface area contributed by atoms with Gasteiger partial charge in [-0.1, -0.05) is 24.3 Å². The Morgan fingerprint density at radius 2 is 2.11 bits per heavy atom. The summed E-state index contributed by atoms with van der Waals surface area (Å²) in [6.07, 6.45) is 12.4. The van der Waals surface area contributed by atoms with Crippen molar-refractivity contribution in [3.05, 3.63) is 48.8 Å². The summed E-state index contributed by atoms with van der Waals surface area (Å²) in [6.45, 7) is 0. The number of fused-ring (bicyclic) bond motifs is 1. The van der Waals surface area contributed by atoms with Gasteiger partial charge in [-0.25, -0.2) is 10.9 Å². The second kappa shape index (κ2) is 5.34. The summed E-state index contributed by atoms with van der Waals surface area (Å²) in [5, 5.41) is 2.91. The number of hydrogen-bond acceptors (Lipinski definition) is 4. The van der Waals surface area contributed by atoms with Crippen LogP contribution in [0.3, 0.4) is 0 Å². The van der Waals surface area contributed by atoms with E-state index >= 15 is 0 Å². The highest BCUT2D eigenvalue weighted by molar-refractivity contribution is 5.95. The van der Waals surface area contributed by atoms with E-state index in [4.69, 9.17) is 0 Å². The number of carbonyl (C=O) groups excluding carboxylic acids is 1. The molecule has 1 saturated heterocycles. The van der Waals surface area contributed by atoms with Gasteiger partial charge < -0.3 is 5.32 Å². The normalized spacial score (nSPS) is 28.7. The summed E-state index contributed by atoms with van der Waals surface area (Å²) in [5.74, 6) is 0.215. The molecular weight excluding hydrogens is 240 g/mol. The molecule has 0 saturated carbocycles. The number of anilines is 1. The molecule has 1 aliphatic carbocycles. The van der Waals surface area contributed by atoms with E-state index in [1.807, 2.05) is 12.2 Å². The number of hydrazine groups is 1. The lowest BCUT2D eigenvalue weighted by atomic mass is 9.91. The Hall–Kier alpha value is -1.98. The third-order valence-corrected chi connectivity index (χ3v) is 3.50. The molecule has 3 atom stereocenters. The minimum absolute atomic E-state index is 0.0186. The molecule has 3 N–H and O–H groups in total. The number of aromatic nitrogens is 1. The van der Waals surface area contributed by atoms with Crippen molar-refractivity contribution < 1.29 is 4.79 Å². The molecular formula is C14H16N4O. The number of rotatable bonds is 2. The monoisotopic (exact) mass is 256 g/mol. The van der Waals surface area contributed by atoms with Gasteiger partial charge in [0, 0.05) is 30.0 Å². The van der Waals surface area contributed by atoms with Crippen LogP contribution in [0, 0.1) is 5.92 Å². The molecule has 5 heteroatoms. The number of nitrogens with zero attached hydrogens (tertiary/aromatic N) is 1. The van der Waals surface area contributed by atoms with E-state index in [0.29, 0.717) is 0 Å². The molecule has 1 aliphatic heterocycles. The average molecular weight is 256 g/mol. The van der Waals surface area contributed by atoms with Crippen LogP contribution in [-0.2, 0) is 4.79 Å². The van der Waals surface area contributed by atoms with Crippen LogP contribution in [0.5, 0.6) is 0 Å². The second-order valence-corrected chi connectivity index (χ2v) is 4.73. The zero-order chi connectivity index (χ0) is 13.1. The highest BCUT2D eigenvalue weighted by atomic mass is 16.2. The Kier molecular flexibility index (Phi) is 3.39. The van der Waals surface area contributed by atoms with Gasteiger partial charge in [-0.05, 0) is 18.6 Å². The van der Waals surface area contributed by atoms with Gasteiger partial charge >= 0.3 is 0 Å². The molecule has 1 aromatic heterocycles. The molecule has 3 unspecified atom stereocenters. The Bertz CT molecular complexity index is 511. The van der Waals surface area contributed by atoms with E-state index in [1.54, 1.807) is 24.5 Å². The third kappa shape index (κ3) is 2.57. The zero-order valence-corrected chi connectivity index (χ0v) is 10.4. The van der Waals surface area contributed by atoms with Crippen molar-refractivity contribution in [1.82, 2.24) is 15.8 Å². The Morgan fingerprint density at radius 3 is 2.95 bits per heavy atom. The highest BCUT2D eigenvalue weighted by Crippen LogP contribution is 2.23. The van der Waals surface area contributed by atoms with Gasteiger partial charge in [-0.15, -0.1) is 0 Å². The second-order valence-electron chi connectivity index (χ2n) is 4.73. The molecule has 3 rings (SSSR count). The standard InChI is InChI=1S/C14H16N4O/c19-14(16-10-6-8-15-9-7-10)13-11-4-2-1-3-5-12(11)17-18-13/h1-3,5-9,11-13,17-18H,4H2,(H,15,16,19).